The highest BCUT2D eigenvalue weighted by atomic mass is 16.5. The predicted octanol–water partition coefficient (Wildman–Crippen LogP) is 1.63. The second-order valence-electron chi connectivity index (χ2n) is 4.93. The number of carbonyl (C=O) groups excluding carboxylic acids is 1. The van der Waals surface area contributed by atoms with Gasteiger partial charge in [-0.05, 0) is 24.9 Å². The number of hydrogen-bond donors (Lipinski definition) is 2. The minimum atomic E-state index is -0.524. The van der Waals surface area contributed by atoms with Crippen LogP contribution in [0, 0.1) is 0 Å². The van der Waals surface area contributed by atoms with E-state index in [4.69, 9.17) is 4.74 Å². The van der Waals surface area contributed by atoms with Gasteiger partial charge < -0.3 is 15.4 Å². The Morgan fingerprint density at radius 3 is 2.89 bits per heavy atom. The SMILES string of the molecule is COC(C(=O)NC1CCCCNC1)c1ccccc1. The summed E-state index contributed by atoms with van der Waals surface area (Å²) in [6.45, 7) is 1.88. The first kappa shape index (κ1) is 14.0. The Balaban J connectivity index is 1.96. The number of hydrogen-bond acceptors (Lipinski definition) is 3. The second kappa shape index (κ2) is 7.26. The van der Waals surface area contributed by atoms with Crippen LogP contribution in [-0.2, 0) is 9.53 Å². The second-order valence-corrected chi connectivity index (χ2v) is 4.93. The van der Waals surface area contributed by atoms with Crippen LogP contribution >= 0.6 is 0 Å². The zero-order valence-corrected chi connectivity index (χ0v) is 11.4. The molecule has 4 nitrogen and oxygen atoms in total. The maximum Gasteiger partial charge on any atom is 0.254 e. The lowest BCUT2D eigenvalue weighted by Crippen LogP contribution is -2.43. The van der Waals surface area contributed by atoms with Gasteiger partial charge in [-0.1, -0.05) is 36.8 Å². The van der Waals surface area contributed by atoms with Crippen LogP contribution in [-0.4, -0.2) is 32.1 Å². The Hall–Kier alpha value is -1.39. The quantitative estimate of drug-likeness (QED) is 0.867. The molecule has 1 heterocycles. The standard InChI is InChI=1S/C15H22N2O2/c1-19-14(12-7-3-2-4-8-12)15(18)17-13-9-5-6-10-16-11-13/h2-4,7-8,13-14,16H,5-6,9-11H2,1H3,(H,17,18). The molecule has 1 aliphatic heterocycles. The minimum Gasteiger partial charge on any atom is -0.367 e. The number of methoxy groups -OCH3 is 1. The Bertz CT molecular complexity index is 386. The Kier molecular flexibility index (Phi) is 5.36. The van der Waals surface area contributed by atoms with E-state index in [9.17, 15) is 4.79 Å². The van der Waals surface area contributed by atoms with E-state index in [1.807, 2.05) is 30.3 Å². The summed E-state index contributed by atoms with van der Waals surface area (Å²) in [5.74, 6) is -0.0533. The fraction of sp³-hybridized carbons (Fsp3) is 0.533. The lowest BCUT2D eigenvalue weighted by atomic mass is 10.1. The van der Waals surface area contributed by atoms with Crippen molar-refractivity contribution < 1.29 is 9.53 Å². The van der Waals surface area contributed by atoms with Crippen molar-refractivity contribution in [2.24, 2.45) is 0 Å². The third kappa shape index (κ3) is 4.04. The number of carbonyl (C=O) groups is 1. The van der Waals surface area contributed by atoms with E-state index in [-0.39, 0.29) is 11.9 Å². The molecule has 1 saturated heterocycles. The first-order valence-corrected chi connectivity index (χ1v) is 6.90. The molecule has 104 valence electrons. The number of nitrogens with one attached hydrogen (secondary N) is 2. The van der Waals surface area contributed by atoms with Crippen molar-refractivity contribution in [3.8, 4) is 0 Å². The van der Waals surface area contributed by atoms with Gasteiger partial charge in [0.1, 0.15) is 0 Å². The average molecular weight is 262 g/mol. The van der Waals surface area contributed by atoms with E-state index >= 15 is 0 Å². The highest BCUT2D eigenvalue weighted by Gasteiger charge is 2.23. The Morgan fingerprint density at radius 1 is 1.37 bits per heavy atom. The highest BCUT2D eigenvalue weighted by Crippen LogP contribution is 2.17. The summed E-state index contributed by atoms with van der Waals surface area (Å²) in [4.78, 5) is 12.3. The van der Waals surface area contributed by atoms with Crippen molar-refractivity contribution in [2.75, 3.05) is 20.2 Å². The summed E-state index contributed by atoms with van der Waals surface area (Å²) >= 11 is 0. The summed E-state index contributed by atoms with van der Waals surface area (Å²) < 4.78 is 5.34. The van der Waals surface area contributed by atoms with Crippen molar-refractivity contribution in [1.82, 2.24) is 10.6 Å². The highest BCUT2D eigenvalue weighted by molar-refractivity contribution is 5.82. The topological polar surface area (TPSA) is 50.4 Å². The zero-order chi connectivity index (χ0) is 13.5. The van der Waals surface area contributed by atoms with E-state index in [0.717, 1.165) is 31.5 Å². The molecule has 2 unspecified atom stereocenters. The van der Waals surface area contributed by atoms with Gasteiger partial charge in [0.25, 0.3) is 5.91 Å². The summed E-state index contributed by atoms with van der Waals surface area (Å²) in [6, 6.07) is 9.81. The molecule has 0 radical (unpaired) electrons. The van der Waals surface area contributed by atoms with Gasteiger partial charge in [0.05, 0.1) is 0 Å². The monoisotopic (exact) mass is 262 g/mol. The van der Waals surface area contributed by atoms with Crippen LogP contribution in [0.3, 0.4) is 0 Å². The summed E-state index contributed by atoms with van der Waals surface area (Å²) in [7, 11) is 1.57. The maximum absolute atomic E-state index is 12.3. The normalized spacial score (nSPS) is 21.4. The third-order valence-electron chi connectivity index (χ3n) is 3.47. The van der Waals surface area contributed by atoms with Gasteiger partial charge >= 0.3 is 0 Å². The van der Waals surface area contributed by atoms with Crippen LogP contribution in [0.5, 0.6) is 0 Å². The summed E-state index contributed by atoms with van der Waals surface area (Å²) in [5, 5.41) is 6.43. The molecule has 0 aromatic heterocycles. The van der Waals surface area contributed by atoms with Gasteiger partial charge in [-0.2, -0.15) is 0 Å². The number of amides is 1. The van der Waals surface area contributed by atoms with E-state index in [1.54, 1.807) is 7.11 Å². The molecule has 0 bridgehead atoms. The average Bonchev–Trinajstić information content (AvgIpc) is 2.69. The molecule has 0 saturated carbocycles. The molecule has 2 rings (SSSR count). The predicted molar refractivity (Wildman–Crippen MR) is 74.8 cm³/mol. The zero-order valence-electron chi connectivity index (χ0n) is 11.4. The molecule has 0 aliphatic carbocycles. The number of ether oxygens (including phenoxy) is 1. The molecule has 4 heteroatoms. The van der Waals surface area contributed by atoms with Crippen LogP contribution in [0.25, 0.3) is 0 Å². The van der Waals surface area contributed by atoms with Crippen molar-refractivity contribution >= 4 is 5.91 Å². The Labute approximate surface area is 114 Å². The molecular formula is C15H22N2O2. The van der Waals surface area contributed by atoms with Gasteiger partial charge in [0.15, 0.2) is 6.10 Å². The van der Waals surface area contributed by atoms with E-state index in [0.29, 0.717) is 0 Å². The van der Waals surface area contributed by atoms with Gasteiger partial charge in [-0.15, -0.1) is 0 Å². The van der Waals surface area contributed by atoms with Crippen LogP contribution in [0.1, 0.15) is 30.9 Å². The van der Waals surface area contributed by atoms with Gasteiger partial charge in [-0.25, -0.2) is 0 Å². The number of rotatable bonds is 4. The van der Waals surface area contributed by atoms with E-state index in [2.05, 4.69) is 10.6 Å². The van der Waals surface area contributed by atoms with Gasteiger partial charge in [-0.3, -0.25) is 4.79 Å². The maximum atomic E-state index is 12.3. The molecule has 1 amide bonds. The fourth-order valence-corrected chi connectivity index (χ4v) is 2.44. The van der Waals surface area contributed by atoms with E-state index in [1.165, 1.54) is 6.42 Å². The van der Waals surface area contributed by atoms with Crippen LogP contribution in [0.4, 0.5) is 0 Å². The van der Waals surface area contributed by atoms with Crippen molar-refractivity contribution in [1.29, 1.82) is 0 Å². The Morgan fingerprint density at radius 2 is 2.16 bits per heavy atom. The van der Waals surface area contributed by atoms with Crippen molar-refractivity contribution in [3.05, 3.63) is 35.9 Å². The van der Waals surface area contributed by atoms with Crippen LogP contribution in [0.15, 0.2) is 30.3 Å². The molecular weight excluding hydrogens is 240 g/mol. The molecule has 0 spiro atoms. The fourth-order valence-electron chi connectivity index (χ4n) is 2.44. The van der Waals surface area contributed by atoms with Crippen molar-refractivity contribution in [2.45, 2.75) is 31.4 Å². The first-order valence-electron chi connectivity index (χ1n) is 6.90. The molecule has 1 aromatic carbocycles. The molecule has 1 fully saturated rings. The molecule has 2 N–H and O–H groups in total. The van der Waals surface area contributed by atoms with Crippen molar-refractivity contribution in [3.63, 3.8) is 0 Å². The minimum absolute atomic E-state index is 0.0533. The van der Waals surface area contributed by atoms with Gasteiger partial charge in [0, 0.05) is 19.7 Å². The largest absolute Gasteiger partial charge is 0.367 e. The summed E-state index contributed by atoms with van der Waals surface area (Å²) in [6.07, 6.45) is 2.84. The summed E-state index contributed by atoms with van der Waals surface area (Å²) in [5.41, 5.74) is 0.893. The first-order chi connectivity index (χ1) is 9.31. The van der Waals surface area contributed by atoms with Crippen LogP contribution in [0.2, 0.25) is 0 Å². The third-order valence-corrected chi connectivity index (χ3v) is 3.47. The van der Waals surface area contributed by atoms with E-state index < -0.39 is 6.10 Å². The lowest BCUT2D eigenvalue weighted by molar-refractivity contribution is -0.132. The molecule has 2 atom stereocenters. The number of benzene rings is 1. The smallest absolute Gasteiger partial charge is 0.254 e. The lowest BCUT2D eigenvalue weighted by Gasteiger charge is -2.21. The van der Waals surface area contributed by atoms with Gasteiger partial charge in [0.2, 0.25) is 0 Å². The molecule has 1 aliphatic rings. The molecule has 1 aromatic rings. The molecule has 19 heavy (non-hydrogen) atoms. The van der Waals surface area contributed by atoms with Crippen LogP contribution < -0.4 is 10.6 Å².